The SMILES string of the molecule is CC(C)C[C@H](NC(=O)OCc1ccccc1)C(=O)NCCNC(=O)OC(C)(C)C. The topological polar surface area (TPSA) is 106 Å². The number of benzene rings is 1. The van der Waals surface area contributed by atoms with E-state index in [1.807, 2.05) is 44.2 Å². The lowest BCUT2D eigenvalue weighted by atomic mass is 10.0. The van der Waals surface area contributed by atoms with Gasteiger partial charge in [0.15, 0.2) is 0 Å². The maximum absolute atomic E-state index is 12.4. The number of carbonyl (C=O) groups excluding carboxylic acids is 3. The molecule has 1 aromatic rings. The van der Waals surface area contributed by atoms with Gasteiger partial charge in [0.05, 0.1) is 0 Å². The third-order valence-electron chi connectivity index (χ3n) is 3.62. The van der Waals surface area contributed by atoms with Crippen molar-refractivity contribution < 1.29 is 23.9 Å². The molecule has 0 heterocycles. The molecule has 0 fully saturated rings. The summed E-state index contributed by atoms with van der Waals surface area (Å²) in [4.78, 5) is 36.1. The normalized spacial score (nSPS) is 12.1. The third kappa shape index (κ3) is 11.6. The molecule has 8 heteroatoms. The van der Waals surface area contributed by atoms with Crippen LogP contribution in [0, 0.1) is 5.92 Å². The summed E-state index contributed by atoms with van der Waals surface area (Å²) in [5, 5.41) is 7.89. The van der Waals surface area contributed by atoms with Crippen LogP contribution in [0.25, 0.3) is 0 Å². The van der Waals surface area contributed by atoms with Gasteiger partial charge >= 0.3 is 12.2 Å². The minimum atomic E-state index is -0.722. The zero-order chi connectivity index (χ0) is 21.9. The lowest BCUT2D eigenvalue weighted by Gasteiger charge is -2.21. The van der Waals surface area contributed by atoms with Crippen LogP contribution in [0.3, 0.4) is 0 Å². The van der Waals surface area contributed by atoms with E-state index in [1.54, 1.807) is 20.8 Å². The molecule has 8 nitrogen and oxygen atoms in total. The summed E-state index contributed by atoms with van der Waals surface area (Å²) in [5.41, 5.74) is 0.278. The van der Waals surface area contributed by atoms with Crippen LogP contribution in [-0.2, 0) is 20.9 Å². The van der Waals surface area contributed by atoms with Crippen molar-refractivity contribution in [3.05, 3.63) is 35.9 Å². The summed E-state index contributed by atoms with van der Waals surface area (Å²) in [6, 6.07) is 8.57. The smallest absolute Gasteiger partial charge is 0.408 e. The summed E-state index contributed by atoms with van der Waals surface area (Å²) in [7, 11) is 0. The maximum atomic E-state index is 12.4. The number of nitrogens with one attached hydrogen (secondary N) is 3. The van der Waals surface area contributed by atoms with E-state index in [4.69, 9.17) is 9.47 Å². The molecule has 0 aliphatic carbocycles. The highest BCUT2D eigenvalue weighted by atomic mass is 16.6. The van der Waals surface area contributed by atoms with Gasteiger partial charge in [-0.25, -0.2) is 9.59 Å². The monoisotopic (exact) mass is 407 g/mol. The van der Waals surface area contributed by atoms with Crippen LogP contribution in [0.4, 0.5) is 9.59 Å². The van der Waals surface area contributed by atoms with Gasteiger partial charge in [0, 0.05) is 13.1 Å². The van der Waals surface area contributed by atoms with Crippen molar-refractivity contribution in [1.82, 2.24) is 16.0 Å². The van der Waals surface area contributed by atoms with Crippen molar-refractivity contribution in [3.63, 3.8) is 0 Å². The second kappa shape index (κ2) is 11.9. The predicted molar refractivity (Wildman–Crippen MR) is 110 cm³/mol. The summed E-state index contributed by atoms with van der Waals surface area (Å²) in [6.45, 7) is 9.79. The summed E-state index contributed by atoms with van der Waals surface area (Å²) < 4.78 is 10.3. The van der Waals surface area contributed by atoms with Crippen LogP contribution >= 0.6 is 0 Å². The first-order chi connectivity index (χ1) is 13.6. The number of carbonyl (C=O) groups is 3. The highest BCUT2D eigenvalue weighted by Gasteiger charge is 2.22. The first kappa shape index (κ1) is 24.3. The van der Waals surface area contributed by atoms with Gasteiger partial charge in [0.2, 0.25) is 5.91 Å². The van der Waals surface area contributed by atoms with Crippen LogP contribution in [0.15, 0.2) is 30.3 Å². The Balaban J connectivity index is 2.42. The summed E-state index contributed by atoms with van der Waals surface area (Å²) >= 11 is 0. The van der Waals surface area contributed by atoms with Crippen LogP contribution < -0.4 is 16.0 Å². The molecule has 0 aliphatic heterocycles. The van der Waals surface area contributed by atoms with Gasteiger partial charge in [-0.2, -0.15) is 0 Å². The lowest BCUT2D eigenvalue weighted by molar-refractivity contribution is -0.123. The zero-order valence-corrected chi connectivity index (χ0v) is 17.9. The molecule has 29 heavy (non-hydrogen) atoms. The quantitative estimate of drug-likeness (QED) is 0.546. The fourth-order valence-corrected chi connectivity index (χ4v) is 2.40. The van der Waals surface area contributed by atoms with Crippen molar-refractivity contribution in [2.24, 2.45) is 5.92 Å². The van der Waals surface area contributed by atoms with Crippen molar-refractivity contribution in [2.45, 2.75) is 59.3 Å². The number of hydrogen-bond donors (Lipinski definition) is 3. The van der Waals surface area contributed by atoms with Crippen molar-refractivity contribution in [1.29, 1.82) is 0 Å². The van der Waals surface area contributed by atoms with Gasteiger partial charge in [0.1, 0.15) is 18.2 Å². The average molecular weight is 408 g/mol. The van der Waals surface area contributed by atoms with E-state index >= 15 is 0 Å². The minimum Gasteiger partial charge on any atom is -0.445 e. The average Bonchev–Trinajstić information content (AvgIpc) is 2.62. The molecule has 1 atom stereocenters. The van der Waals surface area contributed by atoms with Crippen LogP contribution in [0.5, 0.6) is 0 Å². The van der Waals surface area contributed by atoms with Gasteiger partial charge in [0.25, 0.3) is 0 Å². The number of hydrogen-bond acceptors (Lipinski definition) is 5. The summed E-state index contributed by atoms with van der Waals surface area (Å²) in [5.74, 6) is -0.138. The fourth-order valence-electron chi connectivity index (χ4n) is 2.40. The summed E-state index contributed by atoms with van der Waals surface area (Å²) in [6.07, 6.45) is -0.735. The maximum Gasteiger partial charge on any atom is 0.408 e. The molecule has 0 radical (unpaired) electrons. The predicted octanol–water partition coefficient (Wildman–Crippen LogP) is 2.97. The zero-order valence-electron chi connectivity index (χ0n) is 17.9. The Morgan fingerprint density at radius 2 is 1.59 bits per heavy atom. The van der Waals surface area contributed by atoms with E-state index in [1.165, 1.54) is 0 Å². The third-order valence-corrected chi connectivity index (χ3v) is 3.62. The first-order valence-electron chi connectivity index (χ1n) is 9.78. The Kier molecular flexibility index (Phi) is 9.99. The van der Waals surface area contributed by atoms with E-state index in [2.05, 4.69) is 16.0 Å². The second-order valence-electron chi connectivity index (χ2n) is 8.11. The van der Waals surface area contributed by atoms with E-state index in [-0.39, 0.29) is 31.5 Å². The number of alkyl carbamates (subject to hydrolysis) is 2. The van der Waals surface area contributed by atoms with Crippen LogP contribution in [0.1, 0.15) is 46.6 Å². The molecule has 0 aliphatic rings. The van der Waals surface area contributed by atoms with Crippen LogP contribution in [0.2, 0.25) is 0 Å². The molecule has 0 saturated carbocycles. The molecule has 3 N–H and O–H groups in total. The number of rotatable bonds is 9. The standard InChI is InChI=1S/C21H33N3O5/c1-15(2)13-17(24-20(27)28-14-16-9-7-6-8-10-16)18(25)22-11-12-23-19(26)29-21(3,4)5/h6-10,15,17H,11-14H2,1-5H3,(H,22,25)(H,23,26)(H,24,27)/t17-/m0/s1. The molecule has 0 bridgehead atoms. The minimum absolute atomic E-state index is 0.127. The van der Waals surface area contributed by atoms with E-state index < -0.39 is 23.8 Å². The first-order valence-corrected chi connectivity index (χ1v) is 9.78. The molecular weight excluding hydrogens is 374 g/mol. The molecule has 1 rings (SSSR count). The molecule has 0 unspecified atom stereocenters. The Hall–Kier alpha value is -2.77. The Labute approximate surface area is 172 Å². The van der Waals surface area contributed by atoms with Crippen molar-refractivity contribution >= 4 is 18.1 Å². The molecule has 0 aromatic heterocycles. The van der Waals surface area contributed by atoms with Gasteiger partial charge in [-0.15, -0.1) is 0 Å². The number of amides is 3. The Morgan fingerprint density at radius 1 is 0.966 bits per heavy atom. The van der Waals surface area contributed by atoms with E-state index in [9.17, 15) is 14.4 Å². The van der Waals surface area contributed by atoms with Crippen molar-refractivity contribution in [3.8, 4) is 0 Å². The fraction of sp³-hybridized carbons (Fsp3) is 0.571. The highest BCUT2D eigenvalue weighted by Crippen LogP contribution is 2.07. The Morgan fingerprint density at radius 3 is 2.17 bits per heavy atom. The molecule has 162 valence electrons. The van der Waals surface area contributed by atoms with Gasteiger partial charge in [-0.05, 0) is 38.7 Å². The Bertz CT molecular complexity index is 656. The second-order valence-corrected chi connectivity index (χ2v) is 8.11. The molecule has 0 spiro atoms. The number of ether oxygens (including phenoxy) is 2. The van der Waals surface area contributed by atoms with E-state index in [0.29, 0.717) is 6.42 Å². The molecule has 3 amide bonds. The largest absolute Gasteiger partial charge is 0.445 e. The highest BCUT2D eigenvalue weighted by molar-refractivity contribution is 5.85. The van der Waals surface area contributed by atoms with Crippen LogP contribution in [-0.4, -0.2) is 42.8 Å². The lowest BCUT2D eigenvalue weighted by Crippen LogP contribution is -2.49. The van der Waals surface area contributed by atoms with Gasteiger partial charge in [-0.1, -0.05) is 44.2 Å². The molecule has 1 aromatic carbocycles. The van der Waals surface area contributed by atoms with E-state index in [0.717, 1.165) is 5.56 Å². The van der Waals surface area contributed by atoms with Crippen molar-refractivity contribution in [2.75, 3.05) is 13.1 Å². The van der Waals surface area contributed by atoms with Gasteiger partial charge < -0.3 is 25.4 Å². The van der Waals surface area contributed by atoms with Gasteiger partial charge in [-0.3, -0.25) is 4.79 Å². The molecular formula is C21H33N3O5. The molecule has 0 saturated heterocycles.